The molecule has 0 aliphatic heterocycles. The van der Waals surface area contributed by atoms with Gasteiger partial charge in [-0.2, -0.15) is 5.26 Å². The molecule has 0 heterocycles. The maximum absolute atomic E-state index is 13.5. The van der Waals surface area contributed by atoms with Gasteiger partial charge < -0.3 is 0 Å². The molecule has 0 saturated carbocycles. The fraction of sp³-hybridized carbons (Fsp3) is 0.0714. The van der Waals surface area contributed by atoms with E-state index in [-0.39, 0.29) is 5.69 Å². The Hall–Kier alpha value is -2.46. The minimum Gasteiger partial charge on any atom is -0.279 e. The van der Waals surface area contributed by atoms with Crippen molar-refractivity contribution in [3.63, 3.8) is 0 Å². The van der Waals surface area contributed by atoms with E-state index in [1.54, 1.807) is 6.92 Å². The van der Waals surface area contributed by atoms with Crippen LogP contribution < -0.4 is 4.72 Å². The normalized spacial score (nSPS) is 11.0. The van der Waals surface area contributed by atoms with Gasteiger partial charge in [0.2, 0.25) is 0 Å². The van der Waals surface area contributed by atoms with Gasteiger partial charge in [0.15, 0.2) is 0 Å². The maximum Gasteiger partial charge on any atom is 0.263 e. The summed E-state index contributed by atoms with van der Waals surface area (Å²) in [6, 6.07) is 8.41. The smallest absolute Gasteiger partial charge is 0.263 e. The number of nitrogens with one attached hydrogen (secondary N) is 1. The predicted octanol–water partition coefficient (Wildman–Crippen LogP) is 2.95. The molecule has 0 aromatic heterocycles. The Balaban J connectivity index is 2.52. The molecule has 0 spiro atoms. The predicted molar refractivity (Wildman–Crippen MR) is 73.1 cm³/mol. The lowest BCUT2D eigenvalue weighted by molar-refractivity contribution is 0.593. The van der Waals surface area contributed by atoms with Gasteiger partial charge in [0.25, 0.3) is 10.0 Å². The zero-order valence-corrected chi connectivity index (χ0v) is 11.7. The van der Waals surface area contributed by atoms with Crippen LogP contribution >= 0.6 is 0 Å². The summed E-state index contributed by atoms with van der Waals surface area (Å²) in [5.41, 5.74) is -0.0582. The minimum absolute atomic E-state index is 0.0307. The van der Waals surface area contributed by atoms with Gasteiger partial charge in [-0.05, 0) is 36.8 Å². The van der Waals surface area contributed by atoms with E-state index in [9.17, 15) is 17.2 Å². The molecule has 7 heteroatoms. The summed E-state index contributed by atoms with van der Waals surface area (Å²) in [6.45, 7) is 1.59. The van der Waals surface area contributed by atoms with Crippen molar-refractivity contribution in [3.8, 4) is 6.07 Å². The minimum atomic E-state index is -4.20. The number of anilines is 1. The van der Waals surface area contributed by atoms with Crippen molar-refractivity contribution in [2.75, 3.05) is 4.72 Å². The fourth-order valence-corrected chi connectivity index (χ4v) is 3.03. The Morgan fingerprint density at radius 1 is 1.19 bits per heavy atom. The van der Waals surface area contributed by atoms with Crippen molar-refractivity contribution in [2.24, 2.45) is 0 Å². The lowest BCUT2D eigenvalue weighted by Gasteiger charge is -2.11. The number of hydrogen-bond acceptors (Lipinski definition) is 3. The van der Waals surface area contributed by atoms with Gasteiger partial charge >= 0.3 is 0 Å². The monoisotopic (exact) mass is 308 g/mol. The second kappa shape index (κ2) is 5.50. The SMILES string of the molecule is Cc1ccc(F)cc1NS(=O)(=O)c1cccc(F)c1C#N. The summed E-state index contributed by atoms with van der Waals surface area (Å²) in [5, 5.41) is 8.89. The van der Waals surface area contributed by atoms with Crippen LogP contribution in [0.3, 0.4) is 0 Å². The van der Waals surface area contributed by atoms with Crippen LogP contribution in [0.15, 0.2) is 41.3 Å². The molecule has 0 bridgehead atoms. The number of rotatable bonds is 3. The van der Waals surface area contributed by atoms with Gasteiger partial charge in [0.1, 0.15) is 28.2 Å². The third-order valence-corrected chi connectivity index (χ3v) is 4.23. The van der Waals surface area contributed by atoms with Crippen molar-refractivity contribution in [1.29, 1.82) is 5.26 Å². The highest BCUT2D eigenvalue weighted by Crippen LogP contribution is 2.23. The quantitative estimate of drug-likeness (QED) is 0.947. The first kappa shape index (κ1) is 14.9. The van der Waals surface area contributed by atoms with Crippen molar-refractivity contribution in [2.45, 2.75) is 11.8 Å². The van der Waals surface area contributed by atoms with Crippen LogP contribution in [0.1, 0.15) is 11.1 Å². The number of nitriles is 1. The second-order valence-corrected chi connectivity index (χ2v) is 5.94. The molecule has 0 atom stereocenters. The Labute approximate surface area is 120 Å². The van der Waals surface area contributed by atoms with Crippen LogP contribution in [0.2, 0.25) is 0 Å². The molecular weight excluding hydrogens is 298 g/mol. The van der Waals surface area contributed by atoms with E-state index >= 15 is 0 Å². The van der Waals surface area contributed by atoms with E-state index in [2.05, 4.69) is 4.72 Å². The molecule has 0 aliphatic carbocycles. The summed E-state index contributed by atoms with van der Waals surface area (Å²) in [4.78, 5) is -0.492. The Morgan fingerprint density at radius 2 is 1.90 bits per heavy atom. The molecule has 0 aliphatic rings. The van der Waals surface area contributed by atoms with E-state index in [0.717, 1.165) is 18.2 Å². The maximum atomic E-state index is 13.5. The number of halogens is 2. The molecule has 0 amide bonds. The number of aryl methyl sites for hydroxylation is 1. The van der Waals surface area contributed by atoms with Crippen molar-refractivity contribution in [3.05, 3.63) is 59.2 Å². The highest BCUT2D eigenvalue weighted by atomic mass is 32.2. The molecule has 108 valence electrons. The van der Waals surface area contributed by atoms with Gasteiger partial charge in [0, 0.05) is 0 Å². The molecule has 4 nitrogen and oxygen atoms in total. The average molecular weight is 308 g/mol. The average Bonchev–Trinajstić information content (AvgIpc) is 2.42. The first-order valence-corrected chi connectivity index (χ1v) is 7.31. The number of sulfonamides is 1. The van der Waals surface area contributed by atoms with Crippen molar-refractivity contribution in [1.82, 2.24) is 0 Å². The molecule has 2 aromatic rings. The van der Waals surface area contributed by atoms with Gasteiger partial charge in [0.05, 0.1) is 5.69 Å². The molecule has 1 N–H and O–H groups in total. The highest BCUT2D eigenvalue weighted by Gasteiger charge is 2.22. The molecule has 0 radical (unpaired) electrons. The van der Waals surface area contributed by atoms with Gasteiger partial charge in [-0.3, -0.25) is 4.72 Å². The summed E-state index contributed by atoms with van der Waals surface area (Å²) in [5.74, 6) is -1.55. The first-order chi connectivity index (χ1) is 9.85. The third-order valence-electron chi connectivity index (χ3n) is 2.82. The van der Waals surface area contributed by atoms with E-state index in [0.29, 0.717) is 5.56 Å². The van der Waals surface area contributed by atoms with Crippen LogP contribution in [0.25, 0.3) is 0 Å². The Bertz CT molecular complexity index is 843. The van der Waals surface area contributed by atoms with E-state index in [1.165, 1.54) is 24.3 Å². The molecule has 2 aromatic carbocycles. The van der Waals surface area contributed by atoms with Crippen LogP contribution in [0, 0.1) is 29.9 Å². The fourth-order valence-electron chi connectivity index (χ4n) is 1.74. The standard InChI is InChI=1S/C14H10F2N2O2S/c1-9-5-6-10(15)7-13(9)18-21(19,20)14-4-2-3-12(16)11(14)8-17/h2-7,18H,1H3. The topological polar surface area (TPSA) is 70.0 Å². The largest absolute Gasteiger partial charge is 0.279 e. The lowest BCUT2D eigenvalue weighted by Crippen LogP contribution is -2.16. The van der Waals surface area contributed by atoms with Crippen LogP contribution in [0.5, 0.6) is 0 Å². The zero-order chi connectivity index (χ0) is 15.6. The number of hydrogen-bond donors (Lipinski definition) is 1. The van der Waals surface area contributed by atoms with E-state index in [4.69, 9.17) is 5.26 Å². The zero-order valence-electron chi connectivity index (χ0n) is 10.9. The molecule has 2 rings (SSSR count). The van der Waals surface area contributed by atoms with Crippen LogP contribution in [-0.4, -0.2) is 8.42 Å². The summed E-state index contributed by atoms with van der Waals surface area (Å²) < 4.78 is 53.3. The number of benzene rings is 2. The highest BCUT2D eigenvalue weighted by molar-refractivity contribution is 7.92. The van der Waals surface area contributed by atoms with Gasteiger partial charge in [-0.1, -0.05) is 12.1 Å². The Kier molecular flexibility index (Phi) is 3.91. The molecule has 0 saturated heterocycles. The van der Waals surface area contributed by atoms with E-state index in [1.807, 2.05) is 0 Å². The Morgan fingerprint density at radius 3 is 2.57 bits per heavy atom. The summed E-state index contributed by atoms with van der Waals surface area (Å²) in [7, 11) is -4.20. The van der Waals surface area contributed by atoms with E-state index < -0.39 is 32.1 Å². The summed E-state index contributed by atoms with van der Waals surface area (Å²) >= 11 is 0. The van der Waals surface area contributed by atoms with Crippen LogP contribution in [0.4, 0.5) is 14.5 Å². The second-order valence-electron chi connectivity index (χ2n) is 4.29. The van der Waals surface area contributed by atoms with Crippen LogP contribution in [-0.2, 0) is 10.0 Å². The summed E-state index contributed by atoms with van der Waals surface area (Å²) in [6.07, 6.45) is 0. The molecule has 0 unspecified atom stereocenters. The first-order valence-electron chi connectivity index (χ1n) is 5.83. The third kappa shape index (κ3) is 3.01. The lowest BCUT2D eigenvalue weighted by atomic mass is 10.2. The van der Waals surface area contributed by atoms with Gasteiger partial charge in [-0.25, -0.2) is 17.2 Å². The van der Waals surface area contributed by atoms with Crippen molar-refractivity contribution < 1.29 is 17.2 Å². The van der Waals surface area contributed by atoms with Gasteiger partial charge in [-0.15, -0.1) is 0 Å². The number of nitrogens with zero attached hydrogens (tertiary/aromatic N) is 1. The molecule has 0 fully saturated rings. The molecule has 21 heavy (non-hydrogen) atoms. The molecular formula is C14H10F2N2O2S. The van der Waals surface area contributed by atoms with Crippen molar-refractivity contribution >= 4 is 15.7 Å².